The van der Waals surface area contributed by atoms with Crippen LogP contribution in [0.2, 0.25) is 0 Å². The minimum Gasteiger partial charge on any atom is -0.445 e. The zero-order chi connectivity index (χ0) is 20.6. The Morgan fingerprint density at radius 2 is 1.72 bits per heavy atom. The van der Waals surface area contributed by atoms with Crippen LogP contribution in [0.5, 0.6) is 0 Å². The van der Waals surface area contributed by atoms with Gasteiger partial charge in [-0.2, -0.15) is 13.2 Å². The number of hydrogen-bond acceptors (Lipinski definition) is 3. The molecule has 2 aromatic rings. The van der Waals surface area contributed by atoms with Crippen molar-refractivity contribution in [1.29, 1.82) is 0 Å². The van der Waals surface area contributed by atoms with Gasteiger partial charge in [0.25, 0.3) is 0 Å². The molecule has 0 aromatic heterocycles. The first kappa shape index (κ1) is 19.8. The molecule has 2 aromatic carbocycles. The van der Waals surface area contributed by atoms with Crippen LogP contribution in [0.25, 0.3) is 0 Å². The third-order valence-corrected chi connectivity index (χ3v) is 5.91. The lowest BCUT2D eigenvalue weighted by atomic mass is 9.80. The van der Waals surface area contributed by atoms with Crippen LogP contribution < -0.4 is 0 Å². The van der Waals surface area contributed by atoms with Crippen LogP contribution >= 0.6 is 0 Å². The second-order valence-corrected chi connectivity index (χ2v) is 7.85. The number of piperidine rings is 1. The molecule has 0 radical (unpaired) electrons. The fourth-order valence-corrected chi connectivity index (χ4v) is 4.54. The molecule has 0 saturated carbocycles. The molecule has 2 atom stereocenters. The maximum Gasteiger partial charge on any atom is 0.416 e. The highest BCUT2D eigenvalue weighted by Gasteiger charge is 2.51. The van der Waals surface area contributed by atoms with Gasteiger partial charge in [0.2, 0.25) is 0 Å². The van der Waals surface area contributed by atoms with Gasteiger partial charge in [-0.25, -0.2) is 4.79 Å². The summed E-state index contributed by atoms with van der Waals surface area (Å²) >= 11 is 0. The van der Waals surface area contributed by atoms with E-state index in [0.717, 1.165) is 17.7 Å². The molecule has 1 N–H and O–H groups in total. The number of amides is 1. The Morgan fingerprint density at radius 3 is 2.34 bits per heavy atom. The number of carbonyl (C=O) groups is 1. The molecule has 2 aliphatic heterocycles. The number of hydrogen-bond donors (Lipinski definition) is 1. The molecule has 2 unspecified atom stereocenters. The Balaban J connectivity index is 1.48. The molecule has 2 saturated heterocycles. The third kappa shape index (κ3) is 3.96. The first-order valence-electron chi connectivity index (χ1n) is 9.65. The molecule has 154 valence electrons. The van der Waals surface area contributed by atoms with Gasteiger partial charge in [0.15, 0.2) is 0 Å². The maximum atomic E-state index is 13.1. The smallest absolute Gasteiger partial charge is 0.416 e. The summed E-state index contributed by atoms with van der Waals surface area (Å²) in [4.78, 5) is 14.3. The van der Waals surface area contributed by atoms with E-state index in [2.05, 4.69) is 0 Å². The quantitative estimate of drug-likeness (QED) is 0.794. The van der Waals surface area contributed by atoms with E-state index in [1.165, 1.54) is 12.1 Å². The summed E-state index contributed by atoms with van der Waals surface area (Å²) in [5, 5.41) is 11.2. The zero-order valence-corrected chi connectivity index (χ0v) is 15.7. The van der Waals surface area contributed by atoms with Crippen molar-refractivity contribution in [2.75, 3.05) is 0 Å². The van der Waals surface area contributed by atoms with Crippen LogP contribution in [-0.4, -0.2) is 28.2 Å². The Hall–Kier alpha value is -2.54. The van der Waals surface area contributed by atoms with Gasteiger partial charge in [-0.3, -0.25) is 0 Å². The van der Waals surface area contributed by atoms with Crippen LogP contribution in [0.4, 0.5) is 18.0 Å². The van der Waals surface area contributed by atoms with Gasteiger partial charge in [-0.1, -0.05) is 42.5 Å². The minimum atomic E-state index is -4.46. The van der Waals surface area contributed by atoms with Crippen molar-refractivity contribution in [3.8, 4) is 0 Å². The van der Waals surface area contributed by atoms with Crippen molar-refractivity contribution < 1.29 is 27.8 Å². The van der Waals surface area contributed by atoms with Gasteiger partial charge >= 0.3 is 12.3 Å². The van der Waals surface area contributed by atoms with Gasteiger partial charge in [-0.05, 0) is 36.1 Å². The highest BCUT2D eigenvalue weighted by atomic mass is 19.4. The van der Waals surface area contributed by atoms with Crippen LogP contribution in [0.1, 0.15) is 42.4 Å². The number of ether oxygens (including phenoxy) is 1. The van der Waals surface area contributed by atoms with E-state index in [4.69, 9.17) is 4.74 Å². The highest BCUT2D eigenvalue weighted by molar-refractivity contribution is 5.69. The normalized spacial score (nSPS) is 26.4. The fourth-order valence-electron chi connectivity index (χ4n) is 4.54. The number of fused-ring (bicyclic) bond motifs is 2. The van der Waals surface area contributed by atoms with Crippen molar-refractivity contribution in [1.82, 2.24) is 4.90 Å². The molecule has 0 spiro atoms. The monoisotopic (exact) mass is 405 g/mol. The van der Waals surface area contributed by atoms with Crippen molar-refractivity contribution in [3.05, 3.63) is 71.3 Å². The first-order chi connectivity index (χ1) is 13.8. The second kappa shape index (κ2) is 7.37. The third-order valence-electron chi connectivity index (χ3n) is 5.91. The van der Waals surface area contributed by atoms with E-state index in [-0.39, 0.29) is 37.1 Å². The Kier molecular flexibility index (Phi) is 5.02. The Bertz CT molecular complexity index is 870. The molecule has 7 heteroatoms. The van der Waals surface area contributed by atoms with Crippen molar-refractivity contribution >= 4 is 6.09 Å². The fraction of sp³-hybridized carbons (Fsp3) is 0.409. The number of alkyl halides is 3. The van der Waals surface area contributed by atoms with Crippen LogP contribution in [0.15, 0.2) is 54.6 Å². The molecular weight excluding hydrogens is 383 g/mol. The summed E-state index contributed by atoms with van der Waals surface area (Å²) in [5.41, 5.74) is -1.03. The minimum absolute atomic E-state index is 0.160. The lowest BCUT2D eigenvalue weighted by Crippen LogP contribution is -2.52. The van der Waals surface area contributed by atoms with Crippen molar-refractivity contribution in [2.24, 2.45) is 0 Å². The lowest BCUT2D eigenvalue weighted by Gasteiger charge is -2.43. The molecule has 4 rings (SSSR count). The van der Waals surface area contributed by atoms with Gasteiger partial charge in [0.05, 0.1) is 11.2 Å². The molecule has 0 aliphatic carbocycles. The Morgan fingerprint density at radius 1 is 1.07 bits per heavy atom. The lowest BCUT2D eigenvalue weighted by molar-refractivity contribution is -0.137. The van der Waals surface area contributed by atoms with E-state index in [1.807, 2.05) is 30.3 Å². The van der Waals surface area contributed by atoms with E-state index in [1.54, 1.807) is 4.90 Å². The molecule has 1 amide bonds. The van der Waals surface area contributed by atoms with Crippen molar-refractivity contribution in [3.63, 3.8) is 0 Å². The van der Waals surface area contributed by atoms with Gasteiger partial charge in [0.1, 0.15) is 6.61 Å². The van der Waals surface area contributed by atoms with Crippen molar-refractivity contribution in [2.45, 2.75) is 56.2 Å². The van der Waals surface area contributed by atoms with E-state index >= 15 is 0 Å². The number of benzene rings is 2. The van der Waals surface area contributed by atoms with E-state index in [0.29, 0.717) is 12.8 Å². The summed E-state index contributed by atoms with van der Waals surface area (Å²) in [5.74, 6) is 0. The number of aliphatic hydroxyl groups is 1. The number of halogens is 3. The molecule has 2 fully saturated rings. The maximum absolute atomic E-state index is 13.1. The number of rotatable bonds is 3. The molecule has 2 bridgehead atoms. The van der Waals surface area contributed by atoms with Crippen LogP contribution in [-0.2, 0) is 23.1 Å². The first-order valence-corrected chi connectivity index (χ1v) is 9.65. The summed E-state index contributed by atoms with van der Waals surface area (Å²) in [7, 11) is 0. The number of carbonyl (C=O) groups excluding carboxylic acids is 1. The standard InChI is InChI=1S/C22H22F3NO3/c23-22(24,25)17-8-4-7-16(11-17)21(28)12-18-9-10-19(13-21)26(18)20(27)29-14-15-5-2-1-3-6-15/h1-8,11,18-19,28H,9-10,12-14H2. The van der Waals surface area contributed by atoms with Gasteiger partial charge in [0, 0.05) is 24.9 Å². The molecule has 4 nitrogen and oxygen atoms in total. The summed E-state index contributed by atoms with van der Waals surface area (Å²) < 4.78 is 44.6. The zero-order valence-electron chi connectivity index (χ0n) is 15.7. The van der Waals surface area contributed by atoms with Crippen LogP contribution in [0.3, 0.4) is 0 Å². The van der Waals surface area contributed by atoms with Gasteiger partial charge < -0.3 is 14.7 Å². The molecular formula is C22H22F3NO3. The average Bonchev–Trinajstić information content (AvgIpc) is 2.98. The van der Waals surface area contributed by atoms with Gasteiger partial charge in [-0.15, -0.1) is 0 Å². The summed E-state index contributed by atoms with van der Waals surface area (Å²) in [6.45, 7) is 0.160. The SMILES string of the molecule is O=C(OCc1ccccc1)N1C2CCC1CC(O)(c1cccc(C(F)(F)F)c1)C2. The molecule has 2 heterocycles. The average molecular weight is 405 g/mol. The molecule has 29 heavy (non-hydrogen) atoms. The largest absolute Gasteiger partial charge is 0.445 e. The highest BCUT2D eigenvalue weighted by Crippen LogP contribution is 2.46. The van der Waals surface area contributed by atoms with Crippen LogP contribution in [0, 0.1) is 0 Å². The number of nitrogens with zero attached hydrogens (tertiary/aromatic N) is 1. The Labute approximate surface area is 166 Å². The molecule has 2 aliphatic rings. The van der Waals surface area contributed by atoms with E-state index in [9.17, 15) is 23.1 Å². The van der Waals surface area contributed by atoms with E-state index < -0.39 is 23.4 Å². The summed E-state index contributed by atoms with van der Waals surface area (Å²) in [6.07, 6.45) is -3.10. The predicted molar refractivity (Wildman–Crippen MR) is 99.9 cm³/mol. The predicted octanol–water partition coefficient (Wildman–Crippen LogP) is 4.86. The second-order valence-electron chi connectivity index (χ2n) is 7.85. The summed E-state index contributed by atoms with van der Waals surface area (Å²) in [6, 6.07) is 13.7. The topological polar surface area (TPSA) is 49.8 Å².